The molecule has 2 N–H and O–H groups in total. The number of hydrogen-bond donors (Lipinski definition) is 2. The molecule has 31 heavy (non-hydrogen) atoms. The minimum Gasteiger partial charge on any atom is -0.490 e. The van der Waals surface area contributed by atoms with Crippen LogP contribution in [0.5, 0.6) is 11.5 Å². The summed E-state index contributed by atoms with van der Waals surface area (Å²) in [5.74, 6) is 0.834. The van der Waals surface area contributed by atoms with E-state index in [9.17, 15) is 4.79 Å². The molecule has 0 fully saturated rings. The molecule has 0 saturated heterocycles. The van der Waals surface area contributed by atoms with Gasteiger partial charge in [-0.2, -0.15) is 0 Å². The van der Waals surface area contributed by atoms with Crippen LogP contribution in [0.4, 0.5) is 11.4 Å². The first-order chi connectivity index (χ1) is 14.9. The lowest BCUT2D eigenvalue weighted by Crippen LogP contribution is -2.20. The van der Waals surface area contributed by atoms with Crippen molar-refractivity contribution in [2.45, 2.75) is 20.4 Å². The Morgan fingerprint density at radius 3 is 2.45 bits per heavy atom. The molecule has 0 saturated carbocycles. The first-order valence-electron chi connectivity index (χ1n) is 9.88. The molecule has 7 heteroatoms. The minimum atomic E-state index is -0.243. The lowest BCUT2D eigenvalue weighted by Gasteiger charge is -2.14. The van der Waals surface area contributed by atoms with E-state index >= 15 is 0 Å². The van der Waals surface area contributed by atoms with Crippen molar-refractivity contribution in [2.75, 3.05) is 23.8 Å². The number of halogens is 2. The number of carbonyl (C=O) groups excluding carboxylic acids is 1. The number of aryl methyl sites for hydroxylation is 1. The smallest absolute Gasteiger partial charge is 0.262 e. The number of hydrogen-bond acceptors (Lipinski definition) is 4. The molecule has 0 aromatic heterocycles. The fourth-order valence-corrected chi connectivity index (χ4v) is 3.21. The van der Waals surface area contributed by atoms with Crippen molar-refractivity contribution in [3.05, 3.63) is 81.8 Å². The van der Waals surface area contributed by atoms with Gasteiger partial charge in [-0.25, -0.2) is 0 Å². The number of amides is 1. The third-order valence-electron chi connectivity index (χ3n) is 4.41. The van der Waals surface area contributed by atoms with E-state index in [1.54, 1.807) is 24.3 Å². The van der Waals surface area contributed by atoms with Gasteiger partial charge in [0.05, 0.1) is 17.3 Å². The molecule has 0 heterocycles. The Labute approximate surface area is 192 Å². The average molecular weight is 459 g/mol. The van der Waals surface area contributed by atoms with E-state index in [4.69, 9.17) is 32.7 Å². The molecule has 0 aliphatic rings. The molecule has 0 bridgehead atoms. The van der Waals surface area contributed by atoms with Crippen LogP contribution in [0, 0.1) is 6.92 Å². The average Bonchev–Trinajstić information content (AvgIpc) is 2.75. The van der Waals surface area contributed by atoms with E-state index in [1.807, 2.05) is 50.2 Å². The van der Waals surface area contributed by atoms with Crippen LogP contribution in [0.2, 0.25) is 10.0 Å². The van der Waals surface area contributed by atoms with Crippen molar-refractivity contribution in [1.29, 1.82) is 0 Å². The van der Waals surface area contributed by atoms with Gasteiger partial charge in [0.15, 0.2) is 18.1 Å². The third kappa shape index (κ3) is 6.81. The molecule has 0 aliphatic carbocycles. The standard InChI is InChI=1S/C24H24Cl2N2O3/c1-3-30-23-12-17(14-27-21-13-18(25)7-10-20(21)26)6-11-22(23)31-15-24(29)28-19-8-4-16(2)5-9-19/h4-13,27H,3,14-15H2,1-2H3,(H,28,29). The Morgan fingerprint density at radius 1 is 0.935 bits per heavy atom. The number of ether oxygens (including phenoxy) is 2. The monoisotopic (exact) mass is 458 g/mol. The highest BCUT2D eigenvalue weighted by Gasteiger charge is 2.10. The quantitative estimate of drug-likeness (QED) is 0.393. The normalized spacial score (nSPS) is 10.5. The van der Waals surface area contributed by atoms with Gasteiger partial charge in [-0.3, -0.25) is 4.79 Å². The Morgan fingerprint density at radius 2 is 1.71 bits per heavy atom. The van der Waals surface area contributed by atoms with E-state index in [2.05, 4.69) is 10.6 Å². The second kappa shape index (κ2) is 10.9. The van der Waals surface area contributed by atoms with Crippen LogP contribution in [0.3, 0.4) is 0 Å². The van der Waals surface area contributed by atoms with Gasteiger partial charge in [-0.15, -0.1) is 0 Å². The predicted molar refractivity (Wildman–Crippen MR) is 127 cm³/mol. The lowest BCUT2D eigenvalue weighted by atomic mass is 10.2. The van der Waals surface area contributed by atoms with Crippen molar-refractivity contribution in [3.63, 3.8) is 0 Å². The van der Waals surface area contributed by atoms with Gasteiger partial charge in [0.25, 0.3) is 5.91 Å². The van der Waals surface area contributed by atoms with Crippen molar-refractivity contribution in [3.8, 4) is 11.5 Å². The summed E-state index contributed by atoms with van der Waals surface area (Å²) in [6.07, 6.45) is 0. The Balaban J connectivity index is 1.62. The van der Waals surface area contributed by atoms with Crippen LogP contribution in [0.25, 0.3) is 0 Å². The predicted octanol–water partition coefficient (Wildman–Crippen LogP) is 6.33. The van der Waals surface area contributed by atoms with E-state index in [-0.39, 0.29) is 12.5 Å². The van der Waals surface area contributed by atoms with Gasteiger partial charge < -0.3 is 20.1 Å². The molecule has 3 aromatic rings. The largest absolute Gasteiger partial charge is 0.490 e. The van der Waals surface area contributed by atoms with Crippen molar-refractivity contribution in [1.82, 2.24) is 0 Å². The number of carbonyl (C=O) groups is 1. The van der Waals surface area contributed by atoms with Gasteiger partial charge in [0.2, 0.25) is 0 Å². The topological polar surface area (TPSA) is 59.6 Å². The van der Waals surface area contributed by atoms with Crippen LogP contribution in [-0.2, 0) is 11.3 Å². The lowest BCUT2D eigenvalue weighted by molar-refractivity contribution is -0.118. The fraction of sp³-hybridized carbons (Fsp3) is 0.208. The SMILES string of the molecule is CCOc1cc(CNc2cc(Cl)ccc2Cl)ccc1OCC(=O)Nc1ccc(C)cc1. The second-order valence-corrected chi connectivity index (χ2v) is 7.74. The molecule has 0 unspecified atom stereocenters. The van der Waals surface area contributed by atoms with Crippen LogP contribution in [0.1, 0.15) is 18.1 Å². The van der Waals surface area contributed by atoms with E-state index in [0.29, 0.717) is 34.7 Å². The molecular weight excluding hydrogens is 435 g/mol. The first kappa shape index (κ1) is 22.8. The molecule has 0 spiro atoms. The van der Waals surface area contributed by atoms with E-state index in [1.165, 1.54) is 0 Å². The molecule has 0 atom stereocenters. The first-order valence-corrected chi connectivity index (χ1v) is 10.6. The highest BCUT2D eigenvalue weighted by Crippen LogP contribution is 2.30. The van der Waals surface area contributed by atoms with E-state index in [0.717, 1.165) is 22.5 Å². The summed E-state index contributed by atoms with van der Waals surface area (Å²) >= 11 is 12.2. The van der Waals surface area contributed by atoms with Crippen molar-refractivity contribution >= 4 is 40.5 Å². The zero-order valence-corrected chi connectivity index (χ0v) is 18.9. The van der Waals surface area contributed by atoms with Gasteiger partial charge in [0.1, 0.15) is 0 Å². The molecule has 162 valence electrons. The van der Waals surface area contributed by atoms with Crippen LogP contribution >= 0.6 is 23.2 Å². The fourth-order valence-electron chi connectivity index (χ4n) is 2.86. The minimum absolute atomic E-state index is 0.121. The molecular formula is C24H24Cl2N2O3. The third-order valence-corrected chi connectivity index (χ3v) is 4.98. The summed E-state index contributed by atoms with van der Waals surface area (Å²) in [5, 5.41) is 7.27. The van der Waals surface area contributed by atoms with Gasteiger partial charge in [-0.05, 0) is 61.9 Å². The molecule has 0 aliphatic heterocycles. The van der Waals surface area contributed by atoms with Gasteiger partial charge in [-0.1, -0.05) is 47.0 Å². The number of anilines is 2. The highest BCUT2D eigenvalue weighted by atomic mass is 35.5. The maximum Gasteiger partial charge on any atom is 0.262 e. The molecule has 3 aromatic carbocycles. The number of nitrogens with one attached hydrogen (secondary N) is 2. The molecule has 1 amide bonds. The summed E-state index contributed by atoms with van der Waals surface area (Å²) in [6.45, 7) is 4.76. The Hall–Kier alpha value is -2.89. The highest BCUT2D eigenvalue weighted by molar-refractivity contribution is 6.35. The summed E-state index contributed by atoms with van der Waals surface area (Å²) in [5.41, 5.74) is 3.57. The van der Waals surface area contributed by atoms with Crippen molar-refractivity contribution in [2.24, 2.45) is 0 Å². The van der Waals surface area contributed by atoms with Crippen LogP contribution in [-0.4, -0.2) is 19.1 Å². The number of rotatable bonds is 9. The summed E-state index contributed by atoms with van der Waals surface area (Å²) in [7, 11) is 0. The Kier molecular flexibility index (Phi) is 8.04. The maximum absolute atomic E-state index is 12.2. The molecule has 0 radical (unpaired) electrons. The Bertz CT molecular complexity index is 1040. The molecule has 5 nitrogen and oxygen atoms in total. The zero-order chi connectivity index (χ0) is 22.2. The number of benzene rings is 3. The van der Waals surface area contributed by atoms with Crippen LogP contribution in [0.15, 0.2) is 60.7 Å². The summed E-state index contributed by atoms with van der Waals surface area (Å²) < 4.78 is 11.4. The van der Waals surface area contributed by atoms with E-state index < -0.39 is 0 Å². The zero-order valence-electron chi connectivity index (χ0n) is 17.4. The summed E-state index contributed by atoms with van der Waals surface area (Å²) in [4.78, 5) is 12.2. The van der Waals surface area contributed by atoms with Gasteiger partial charge in [0, 0.05) is 17.3 Å². The second-order valence-electron chi connectivity index (χ2n) is 6.89. The summed E-state index contributed by atoms with van der Waals surface area (Å²) in [6, 6.07) is 18.4. The van der Waals surface area contributed by atoms with Gasteiger partial charge >= 0.3 is 0 Å². The maximum atomic E-state index is 12.2. The van der Waals surface area contributed by atoms with Crippen molar-refractivity contribution < 1.29 is 14.3 Å². The molecule has 3 rings (SSSR count). The van der Waals surface area contributed by atoms with Crippen LogP contribution < -0.4 is 20.1 Å².